The third-order valence-electron chi connectivity index (χ3n) is 5.46. The van der Waals surface area contributed by atoms with Gasteiger partial charge in [0.05, 0.1) is 18.9 Å². The summed E-state index contributed by atoms with van der Waals surface area (Å²) >= 11 is 0. The van der Waals surface area contributed by atoms with Crippen LogP contribution in [0.5, 0.6) is 0 Å². The molecule has 1 aromatic carbocycles. The topological polar surface area (TPSA) is 101 Å². The Balaban J connectivity index is 1.63. The normalized spacial score (nSPS) is 23.6. The first-order valence-corrected chi connectivity index (χ1v) is 9.35. The van der Waals surface area contributed by atoms with Crippen LogP contribution in [0, 0.1) is 18.8 Å². The van der Waals surface area contributed by atoms with E-state index in [1.807, 2.05) is 25.1 Å². The summed E-state index contributed by atoms with van der Waals surface area (Å²) in [7, 11) is 1.50. The summed E-state index contributed by atoms with van der Waals surface area (Å²) in [6.07, 6.45) is -1.04. The number of amides is 2. The minimum Gasteiger partial charge on any atom is -0.382 e. The highest BCUT2D eigenvalue weighted by Gasteiger charge is 2.54. The van der Waals surface area contributed by atoms with E-state index in [9.17, 15) is 14.7 Å². The highest BCUT2D eigenvalue weighted by molar-refractivity contribution is 5.99. The zero-order valence-electron chi connectivity index (χ0n) is 15.8. The summed E-state index contributed by atoms with van der Waals surface area (Å²) in [5, 5.41) is 16.3. The third-order valence-corrected chi connectivity index (χ3v) is 5.46. The number of nitrogens with one attached hydrogen (secondary N) is 2. The first kappa shape index (κ1) is 18.6. The molecule has 1 saturated heterocycles. The van der Waals surface area contributed by atoms with Crippen molar-refractivity contribution in [3.63, 3.8) is 0 Å². The number of hydrogen-bond acceptors (Lipinski definition) is 5. The van der Waals surface area contributed by atoms with Crippen LogP contribution in [0.15, 0.2) is 36.4 Å². The van der Waals surface area contributed by atoms with Crippen molar-refractivity contribution in [3.05, 3.63) is 64.5 Å². The van der Waals surface area contributed by atoms with Gasteiger partial charge in [0.25, 0.3) is 11.8 Å². The van der Waals surface area contributed by atoms with Gasteiger partial charge >= 0.3 is 0 Å². The Morgan fingerprint density at radius 1 is 1.18 bits per heavy atom. The molecule has 2 fully saturated rings. The van der Waals surface area contributed by atoms with Gasteiger partial charge in [-0.05, 0) is 24.6 Å². The molecular weight excluding hydrogens is 358 g/mol. The summed E-state index contributed by atoms with van der Waals surface area (Å²) in [6.45, 7) is 3.28. The molecule has 7 nitrogen and oxygen atoms in total. The van der Waals surface area contributed by atoms with Crippen molar-refractivity contribution >= 4 is 11.8 Å². The molecule has 1 aromatic heterocycles. The van der Waals surface area contributed by atoms with Crippen molar-refractivity contribution in [2.45, 2.75) is 19.1 Å². The molecule has 2 aliphatic rings. The third kappa shape index (κ3) is 3.50. The fraction of sp³-hybridized carbons (Fsp3) is 0.381. The first-order chi connectivity index (χ1) is 13.5. The molecule has 1 aliphatic heterocycles. The van der Waals surface area contributed by atoms with Gasteiger partial charge in [-0.25, -0.2) is 4.98 Å². The van der Waals surface area contributed by atoms with E-state index in [4.69, 9.17) is 4.74 Å². The Morgan fingerprint density at radius 3 is 2.61 bits per heavy atom. The Morgan fingerprint density at radius 2 is 1.93 bits per heavy atom. The maximum Gasteiger partial charge on any atom is 0.269 e. The largest absolute Gasteiger partial charge is 0.382 e. The minimum atomic E-state index is -1.04. The maximum absolute atomic E-state index is 12.8. The number of aliphatic hydroxyl groups excluding tert-OH is 1. The Kier molecular flexibility index (Phi) is 4.87. The van der Waals surface area contributed by atoms with Gasteiger partial charge in [0.2, 0.25) is 0 Å². The van der Waals surface area contributed by atoms with E-state index >= 15 is 0 Å². The van der Waals surface area contributed by atoms with Gasteiger partial charge in [-0.15, -0.1) is 0 Å². The fourth-order valence-electron chi connectivity index (χ4n) is 3.77. The predicted octanol–water partition coefficient (Wildman–Crippen LogP) is 1.21. The van der Waals surface area contributed by atoms with E-state index in [1.165, 1.54) is 13.1 Å². The molecule has 0 spiro atoms. The quantitative estimate of drug-likeness (QED) is 0.723. The Bertz CT molecular complexity index is 920. The second kappa shape index (κ2) is 7.33. The number of pyridine rings is 1. The van der Waals surface area contributed by atoms with E-state index < -0.39 is 12.0 Å². The van der Waals surface area contributed by atoms with Crippen LogP contribution in [0.1, 0.15) is 43.8 Å². The predicted molar refractivity (Wildman–Crippen MR) is 102 cm³/mol. The van der Waals surface area contributed by atoms with E-state index in [0.29, 0.717) is 36.2 Å². The monoisotopic (exact) mass is 381 g/mol. The van der Waals surface area contributed by atoms with Gasteiger partial charge in [0.15, 0.2) is 0 Å². The summed E-state index contributed by atoms with van der Waals surface area (Å²) in [5.41, 5.74) is 2.31. The van der Waals surface area contributed by atoms with E-state index in [0.717, 1.165) is 5.56 Å². The molecule has 1 aliphatic carbocycles. The highest BCUT2D eigenvalue weighted by atomic mass is 16.5. The lowest BCUT2D eigenvalue weighted by molar-refractivity contribution is 0.0928. The van der Waals surface area contributed by atoms with Gasteiger partial charge in [-0.2, -0.15) is 0 Å². The lowest BCUT2D eigenvalue weighted by atomic mass is 10.0. The number of aliphatic hydroxyl groups is 1. The van der Waals surface area contributed by atoms with Crippen LogP contribution in [0.25, 0.3) is 0 Å². The molecule has 2 heterocycles. The van der Waals surface area contributed by atoms with Crippen LogP contribution in [0.2, 0.25) is 0 Å². The van der Waals surface area contributed by atoms with Crippen LogP contribution >= 0.6 is 0 Å². The lowest BCUT2D eigenvalue weighted by Crippen LogP contribution is -2.31. The number of fused-ring (bicyclic) bond motifs is 1. The second-order valence-corrected chi connectivity index (χ2v) is 7.43. The highest BCUT2D eigenvalue weighted by Crippen LogP contribution is 2.44. The van der Waals surface area contributed by atoms with Gasteiger partial charge in [-0.1, -0.05) is 29.8 Å². The number of nitrogens with zero attached hydrogens (tertiary/aromatic N) is 1. The average Bonchev–Trinajstić information content (AvgIpc) is 3.12. The number of hydrogen-bond donors (Lipinski definition) is 3. The van der Waals surface area contributed by atoms with Crippen LogP contribution in [0.3, 0.4) is 0 Å². The number of carbonyl (C=O) groups is 2. The number of ether oxygens (including phenoxy) is 1. The molecule has 1 saturated carbocycles. The summed E-state index contributed by atoms with van der Waals surface area (Å²) in [4.78, 5) is 29.2. The molecule has 3 N–H and O–H groups in total. The summed E-state index contributed by atoms with van der Waals surface area (Å²) < 4.78 is 5.35. The fourth-order valence-corrected chi connectivity index (χ4v) is 3.77. The standard InChI is InChI=1S/C21H23N3O4/c1-11-4-3-5-12(6-11)19(25)16-7-13(8-17(23-16)21(27)22-2)20(26)24-18-14-9-28-10-15(14)18/h3-8,14-15,18-19,25H,9-10H2,1-2H3,(H,22,27)(H,24,26)/t14-,15+,18+,19?. The molecule has 0 bridgehead atoms. The zero-order valence-corrected chi connectivity index (χ0v) is 15.8. The molecule has 4 atom stereocenters. The number of carbonyl (C=O) groups excluding carboxylic acids is 2. The van der Waals surface area contributed by atoms with Crippen LogP contribution in [-0.2, 0) is 4.74 Å². The first-order valence-electron chi connectivity index (χ1n) is 9.35. The SMILES string of the molecule is CNC(=O)c1cc(C(=O)N[C@H]2[C@@H]3COC[C@@H]32)cc(C(O)c2cccc(C)c2)n1. The maximum atomic E-state index is 12.8. The number of rotatable bonds is 5. The van der Waals surface area contributed by atoms with Gasteiger partial charge in [0, 0.05) is 30.5 Å². The molecule has 7 heteroatoms. The zero-order chi connectivity index (χ0) is 19.8. The summed E-state index contributed by atoms with van der Waals surface area (Å²) in [6, 6.07) is 10.5. The molecule has 146 valence electrons. The van der Waals surface area contributed by atoms with Crippen LogP contribution < -0.4 is 10.6 Å². The van der Waals surface area contributed by atoms with Gasteiger partial charge < -0.3 is 20.5 Å². The average molecular weight is 381 g/mol. The number of benzene rings is 1. The number of aryl methyl sites for hydroxylation is 1. The molecule has 1 unspecified atom stereocenters. The molecule has 28 heavy (non-hydrogen) atoms. The van der Waals surface area contributed by atoms with Gasteiger partial charge in [0.1, 0.15) is 11.8 Å². The molecule has 0 radical (unpaired) electrons. The lowest BCUT2D eigenvalue weighted by Gasteiger charge is -2.15. The van der Waals surface area contributed by atoms with Crippen LogP contribution in [-0.4, -0.2) is 48.2 Å². The van der Waals surface area contributed by atoms with E-state index in [1.54, 1.807) is 12.1 Å². The Hall–Kier alpha value is -2.77. The smallest absolute Gasteiger partial charge is 0.269 e. The van der Waals surface area contributed by atoms with Crippen molar-refractivity contribution in [1.82, 2.24) is 15.6 Å². The molecule has 2 aromatic rings. The van der Waals surface area contributed by atoms with Gasteiger partial charge in [-0.3, -0.25) is 9.59 Å². The van der Waals surface area contributed by atoms with Crippen molar-refractivity contribution in [1.29, 1.82) is 0 Å². The summed E-state index contributed by atoms with van der Waals surface area (Å²) in [5.74, 6) is 0.0665. The van der Waals surface area contributed by atoms with Crippen molar-refractivity contribution in [2.75, 3.05) is 20.3 Å². The molecular formula is C21H23N3O4. The second-order valence-electron chi connectivity index (χ2n) is 7.43. The van der Waals surface area contributed by atoms with Crippen molar-refractivity contribution in [2.24, 2.45) is 11.8 Å². The Labute approximate surface area is 163 Å². The van der Waals surface area contributed by atoms with Crippen molar-refractivity contribution in [3.8, 4) is 0 Å². The number of aromatic nitrogens is 1. The molecule has 4 rings (SSSR count). The minimum absolute atomic E-state index is 0.0937. The van der Waals surface area contributed by atoms with E-state index in [-0.39, 0.29) is 23.3 Å². The molecule has 2 amide bonds. The van der Waals surface area contributed by atoms with Crippen LogP contribution in [0.4, 0.5) is 0 Å². The van der Waals surface area contributed by atoms with E-state index in [2.05, 4.69) is 15.6 Å². The van der Waals surface area contributed by atoms with Crippen molar-refractivity contribution < 1.29 is 19.4 Å².